The first-order chi connectivity index (χ1) is 16.1. The molecule has 3 aromatic heterocycles. The zero-order chi connectivity index (χ0) is 24.6. The highest BCUT2D eigenvalue weighted by atomic mass is 19.4. The number of nitrogens with zero attached hydrogens (tertiary/aromatic N) is 4. The molecule has 1 N–H and O–H groups in total. The van der Waals surface area contributed by atoms with Crippen molar-refractivity contribution in [3.8, 4) is 33.9 Å². The van der Waals surface area contributed by atoms with E-state index in [0.29, 0.717) is 16.9 Å². The summed E-state index contributed by atoms with van der Waals surface area (Å²) in [6.45, 7) is 0.864. The average Bonchev–Trinajstić information content (AvgIpc) is 3.43. The maximum atomic E-state index is 12.9. The molecular formula is C23H22F3N5O3. The van der Waals surface area contributed by atoms with Gasteiger partial charge >= 0.3 is 6.18 Å². The normalized spacial score (nSPS) is 12.6. The Kier molecular flexibility index (Phi) is 5.94. The molecule has 0 saturated heterocycles. The van der Waals surface area contributed by atoms with Gasteiger partial charge in [0.15, 0.2) is 0 Å². The number of imidazole rings is 1. The Morgan fingerprint density at radius 1 is 1.06 bits per heavy atom. The standard InChI is InChI=1S/C23H22F3N5O3/c1-13(23(24,25)26)29-22(32)21-18(33-3)7-15(8-19(21)34-4)17-11-27-20-9-14(5-6-31(17)20)16-10-28-30(2)12-16/h5-13H,1-4H3,(H,29,32). The second kappa shape index (κ2) is 8.73. The lowest BCUT2D eigenvalue weighted by Crippen LogP contribution is -2.43. The number of aromatic nitrogens is 4. The first kappa shape index (κ1) is 23.1. The molecule has 4 aromatic rings. The highest BCUT2D eigenvalue weighted by Gasteiger charge is 2.38. The summed E-state index contributed by atoms with van der Waals surface area (Å²) in [4.78, 5) is 17.1. The predicted octanol–water partition coefficient (Wildman–Crippen LogP) is 4.10. The topological polar surface area (TPSA) is 82.7 Å². The molecule has 34 heavy (non-hydrogen) atoms. The number of pyridine rings is 1. The zero-order valence-electron chi connectivity index (χ0n) is 18.8. The number of aryl methyl sites for hydroxylation is 1. The molecule has 0 spiro atoms. The van der Waals surface area contributed by atoms with Crippen molar-refractivity contribution in [2.75, 3.05) is 14.2 Å². The van der Waals surface area contributed by atoms with Crippen LogP contribution in [0.15, 0.2) is 49.1 Å². The molecule has 0 radical (unpaired) electrons. The van der Waals surface area contributed by atoms with E-state index in [0.717, 1.165) is 18.1 Å². The van der Waals surface area contributed by atoms with E-state index in [-0.39, 0.29) is 17.1 Å². The molecule has 1 atom stereocenters. The Morgan fingerprint density at radius 3 is 2.29 bits per heavy atom. The van der Waals surface area contributed by atoms with Crippen LogP contribution in [0.2, 0.25) is 0 Å². The monoisotopic (exact) mass is 473 g/mol. The van der Waals surface area contributed by atoms with Gasteiger partial charge in [0.1, 0.15) is 28.8 Å². The van der Waals surface area contributed by atoms with E-state index in [1.807, 2.05) is 41.3 Å². The number of carbonyl (C=O) groups excluding carboxylic acids is 1. The van der Waals surface area contributed by atoms with Crippen molar-refractivity contribution in [3.05, 3.63) is 54.6 Å². The molecule has 0 aliphatic carbocycles. The summed E-state index contributed by atoms with van der Waals surface area (Å²) >= 11 is 0. The van der Waals surface area contributed by atoms with E-state index < -0.39 is 18.1 Å². The zero-order valence-corrected chi connectivity index (χ0v) is 18.8. The highest BCUT2D eigenvalue weighted by Crippen LogP contribution is 2.36. The number of hydrogen-bond donors (Lipinski definition) is 1. The lowest BCUT2D eigenvalue weighted by molar-refractivity contribution is -0.149. The van der Waals surface area contributed by atoms with Gasteiger partial charge in [0, 0.05) is 30.6 Å². The maximum absolute atomic E-state index is 12.9. The van der Waals surface area contributed by atoms with Crippen LogP contribution in [-0.4, -0.2) is 51.5 Å². The number of ether oxygens (including phenoxy) is 2. The molecule has 0 aliphatic heterocycles. The number of alkyl halides is 3. The summed E-state index contributed by atoms with van der Waals surface area (Å²) in [6, 6.07) is 4.92. The van der Waals surface area contributed by atoms with Crippen LogP contribution in [-0.2, 0) is 7.05 Å². The first-order valence-electron chi connectivity index (χ1n) is 10.2. The summed E-state index contributed by atoms with van der Waals surface area (Å²) in [5, 5.41) is 6.13. The lowest BCUT2D eigenvalue weighted by atomic mass is 10.0. The third-order valence-electron chi connectivity index (χ3n) is 5.42. The molecule has 8 nitrogen and oxygen atoms in total. The van der Waals surface area contributed by atoms with Gasteiger partial charge in [0.05, 0.1) is 32.3 Å². The summed E-state index contributed by atoms with van der Waals surface area (Å²) < 4.78 is 53.1. The number of rotatable bonds is 6. The van der Waals surface area contributed by atoms with Crippen molar-refractivity contribution in [2.24, 2.45) is 7.05 Å². The largest absolute Gasteiger partial charge is 0.496 e. The number of hydrogen-bond acceptors (Lipinski definition) is 5. The van der Waals surface area contributed by atoms with Crippen molar-refractivity contribution in [2.45, 2.75) is 19.1 Å². The van der Waals surface area contributed by atoms with Gasteiger partial charge in [-0.3, -0.25) is 13.9 Å². The van der Waals surface area contributed by atoms with Crippen LogP contribution < -0.4 is 14.8 Å². The smallest absolute Gasteiger partial charge is 0.408 e. The molecule has 3 heterocycles. The van der Waals surface area contributed by atoms with Gasteiger partial charge in [-0.1, -0.05) is 0 Å². The van der Waals surface area contributed by atoms with E-state index in [1.54, 1.807) is 29.2 Å². The number of halogens is 3. The second-order valence-corrected chi connectivity index (χ2v) is 7.68. The second-order valence-electron chi connectivity index (χ2n) is 7.68. The fourth-order valence-corrected chi connectivity index (χ4v) is 3.58. The summed E-state index contributed by atoms with van der Waals surface area (Å²) in [7, 11) is 4.50. The van der Waals surface area contributed by atoms with Gasteiger partial charge in [-0.05, 0) is 36.8 Å². The molecular weight excluding hydrogens is 451 g/mol. The summed E-state index contributed by atoms with van der Waals surface area (Å²) in [6.07, 6.45) is 2.58. The van der Waals surface area contributed by atoms with Crippen molar-refractivity contribution in [1.29, 1.82) is 0 Å². The molecule has 178 valence electrons. The minimum atomic E-state index is -4.58. The van der Waals surface area contributed by atoms with Crippen LogP contribution in [0, 0.1) is 0 Å². The molecule has 4 rings (SSSR count). The number of fused-ring (bicyclic) bond motifs is 1. The number of nitrogens with one attached hydrogen (secondary N) is 1. The Morgan fingerprint density at radius 2 is 1.74 bits per heavy atom. The SMILES string of the molecule is COc1cc(-c2cnc3cc(-c4cnn(C)c4)ccn23)cc(OC)c1C(=O)NC(C)C(F)(F)F. The van der Waals surface area contributed by atoms with E-state index in [9.17, 15) is 18.0 Å². The molecule has 11 heteroatoms. The van der Waals surface area contributed by atoms with Crippen LogP contribution in [0.3, 0.4) is 0 Å². The van der Waals surface area contributed by atoms with E-state index in [2.05, 4.69) is 10.1 Å². The maximum Gasteiger partial charge on any atom is 0.408 e. The van der Waals surface area contributed by atoms with E-state index >= 15 is 0 Å². The third-order valence-corrected chi connectivity index (χ3v) is 5.42. The van der Waals surface area contributed by atoms with Gasteiger partial charge in [0.2, 0.25) is 0 Å². The van der Waals surface area contributed by atoms with Crippen LogP contribution >= 0.6 is 0 Å². The third kappa shape index (κ3) is 4.28. The van der Waals surface area contributed by atoms with E-state index in [1.165, 1.54) is 14.2 Å². The quantitative estimate of drug-likeness (QED) is 0.456. The van der Waals surface area contributed by atoms with E-state index in [4.69, 9.17) is 9.47 Å². The Balaban J connectivity index is 1.74. The summed E-state index contributed by atoms with van der Waals surface area (Å²) in [5.74, 6) is -0.810. The van der Waals surface area contributed by atoms with Gasteiger partial charge in [-0.25, -0.2) is 4.98 Å². The molecule has 0 fully saturated rings. The first-order valence-corrected chi connectivity index (χ1v) is 10.2. The minimum Gasteiger partial charge on any atom is -0.496 e. The van der Waals surface area contributed by atoms with Gasteiger partial charge < -0.3 is 14.8 Å². The average molecular weight is 473 g/mol. The van der Waals surface area contributed by atoms with Crippen molar-refractivity contribution >= 4 is 11.6 Å². The van der Waals surface area contributed by atoms with Crippen LogP contribution in [0.25, 0.3) is 28.0 Å². The molecule has 0 aliphatic rings. The molecule has 1 amide bonds. The van der Waals surface area contributed by atoms with Gasteiger partial charge in [-0.15, -0.1) is 0 Å². The number of methoxy groups -OCH3 is 2. The van der Waals surface area contributed by atoms with Crippen molar-refractivity contribution in [3.63, 3.8) is 0 Å². The van der Waals surface area contributed by atoms with Crippen LogP contribution in [0.4, 0.5) is 13.2 Å². The lowest BCUT2D eigenvalue weighted by Gasteiger charge is -2.20. The molecule has 1 aromatic carbocycles. The molecule has 1 unspecified atom stereocenters. The Labute approximate surface area is 192 Å². The van der Waals surface area contributed by atoms with Crippen LogP contribution in [0.1, 0.15) is 17.3 Å². The predicted molar refractivity (Wildman–Crippen MR) is 119 cm³/mol. The summed E-state index contributed by atoms with van der Waals surface area (Å²) in [5.41, 5.74) is 3.73. The number of carbonyl (C=O) groups is 1. The van der Waals surface area contributed by atoms with Gasteiger partial charge in [0.25, 0.3) is 5.91 Å². The Hall–Kier alpha value is -4.02. The number of amides is 1. The van der Waals surface area contributed by atoms with Crippen LogP contribution in [0.5, 0.6) is 11.5 Å². The molecule has 0 bridgehead atoms. The van der Waals surface area contributed by atoms with Gasteiger partial charge in [-0.2, -0.15) is 18.3 Å². The fourth-order valence-electron chi connectivity index (χ4n) is 3.58. The highest BCUT2D eigenvalue weighted by molar-refractivity contribution is 6.01. The number of benzene rings is 1. The fraction of sp³-hybridized carbons (Fsp3) is 0.261. The molecule has 0 saturated carbocycles. The van der Waals surface area contributed by atoms with Crippen molar-refractivity contribution < 1.29 is 27.4 Å². The minimum absolute atomic E-state index is 0.0724. The Bertz CT molecular complexity index is 1330. The van der Waals surface area contributed by atoms with Crippen molar-refractivity contribution in [1.82, 2.24) is 24.5 Å².